The van der Waals surface area contributed by atoms with Crippen LogP contribution in [-0.2, 0) is 0 Å². The van der Waals surface area contributed by atoms with Crippen LogP contribution < -0.4 is 0 Å². The topological polar surface area (TPSA) is 0 Å². The van der Waals surface area contributed by atoms with Gasteiger partial charge < -0.3 is 0 Å². The normalized spacial score (nSPS) is 13.2. The summed E-state index contributed by atoms with van der Waals surface area (Å²) in [6.45, 7) is 14.6. The van der Waals surface area contributed by atoms with E-state index in [4.69, 9.17) is 0 Å². The first-order chi connectivity index (χ1) is 13.0. The van der Waals surface area contributed by atoms with Crippen molar-refractivity contribution in [3.8, 4) is 0 Å². The summed E-state index contributed by atoms with van der Waals surface area (Å²) in [5.74, 6) is 0. The number of hydrogen-bond acceptors (Lipinski definition) is 0. The van der Waals surface area contributed by atoms with E-state index < -0.39 is 16.1 Å². The predicted octanol–water partition coefficient (Wildman–Crippen LogP) is 9.26. The summed E-state index contributed by atoms with van der Waals surface area (Å²) in [7, 11) is -1.99. The van der Waals surface area contributed by atoms with Crippen molar-refractivity contribution in [1.29, 1.82) is 0 Å². The van der Waals surface area contributed by atoms with Crippen molar-refractivity contribution in [3.63, 3.8) is 0 Å². The maximum atomic E-state index is 2.62. The van der Waals surface area contributed by atoms with E-state index in [0.717, 1.165) is 0 Å². The minimum absolute atomic E-state index is 0.984. The molecule has 1 aromatic carbocycles. The molecule has 0 bridgehead atoms. The second-order valence-corrected chi connectivity index (χ2v) is 19.9. The van der Waals surface area contributed by atoms with Crippen LogP contribution in [0.25, 0.3) is 5.57 Å². The van der Waals surface area contributed by atoms with Gasteiger partial charge in [0.25, 0.3) is 0 Å². The van der Waals surface area contributed by atoms with Crippen molar-refractivity contribution in [2.24, 2.45) is 0 Å². The largest absolute Gasteiger partial charge is 0.0810 e. The van der Waals surface area contributed by atoms with Crippen molar-refractivity contribution >= 4 is 21.7 Å². The molecule has 0 aliphatic rings. The molecule has 0 unspecified atom stereocenters. The zero-order valence-corrected chi connectivity index (χ0v) is 21.2. The Morgan fingerprint density at radius 1 is 0.704 bits per heavy atom. The molecule has 0 aliphatic carbocycles. The molecular formula is C25H46Si2. The van der Waals surface area contributed by atoms with Crippen molar-refractivity contribution in [2.75, 3.05) is 0 Å². The highest BCUT2D eigenvalue weighted by Crippen LogP contribution is 2.32. The first kappa shape index (κ1) is 24.4. The number of allylic oxidation sites excluding steroid dienone is 2. The third kappa shape index (κ3) is 7.38. The molecular weight excluding hydrogens is 356 g/mol. The fourth-order valence-corrected chi connectivity index (χ4v) is 11.6. The molecule has 0 saturated heterocycles. The van der Waals surface area contributed by atoms with Crippen LogP contribution in [0.3, 0.4) is 0 Å². The Balaban J connectivity index is 2.83. The van der Waals surface area contributed by atoms with Gasteiger partial charge in [-0.05, 0) is 24.0 Å². The average molecular weight is 403 g/mol. The summed E-state index contributed by atoms with van der Waals surface area (Å²) in [6.07, 6.45) is 6.58. The van der Waals surface area contributed by atoms with E-state index in [1.165, 1.54) is 73.2 Å². The Morgan fingerprint density at radius 3 is 1.67 bits per heavy atom. The van der Waals surface area contributed by atoms with Gasteiger partial charge in [0.05, 0.1) is 16.1 Å². The number of rotatable bonds is 14. The van der Waals surface area contributed by atoms with Gasteiger partial charge in [0.15, 0.2) is 0 Å². The van der Waals surface area contributed by atoms with E-state index in [9.17, 15) is 0 Å². The smallest absolute Gasteiger partial charge is 0.0530 e. The van der Waals surface area contributed by atoms with Crippen molar-refractivity contribution in [3.05, 3.63) is 42.0 Å². The Labute approximate surface area is 172 Å². The lowest BCUT2D eigenvalue weighted by molar-refractivity contribution is 0.915. The lowest BCUT2D eigenvalue weighted by atomic mass is 10.0. The van der Waals surface area contributed by atoms with Gasteiger partial charge in [-0.1, -0.05) is 133 Å². The maximum Gasteiger partial charge on any atom is 0.0530 e. The molecule has 0 N–H and O–H groups in total. The van der Waals surface area contributed by atoms with E-state index in [1.807, 2.05) is 0 Å². The van der Waals surface area contributed by atoms with E-state index in [0.29, 0.717) is 0 Å². The maximum absolute atomic E-state index is 2.62. The molecule has 0 radical (unpaired) electrons. The molecule has 27 heavy (non-hydrogen) atoms. The SMILES string of the molecule is CC[Si](CC)(CC)CC/C=C(/CCC[Si](CC)(CC)CC)c1ccccc1. The van der Waals surface area contributed by atoms with Crippen molar-refractivity contribution in [1.82, 2.24) is 0 Å². The molecule has 1 rings (SSSR count). The molecule has 1 aromatic rings. The Kier molecular flexibility index (Phi) is 11.6. The number of hydrogen-bond donors (Lipinski definition) is 0. The Bertz CT molecular complexity index is 508. The van der Waals surface area contributed by atoms with E-state index in [1.54, 1.807) is 5.57 Å². The van der Waals surface area contributed by atoms with Crippen LogP contribution in [0, 0.1) is 0 Å². The van der Waals surface area contributed by atoms with Gasteiger partial charge in [-0.15, -0.1) is 0 Å². The molecule has 0 fully saturated rings. The first-order valence-corrected chi connectivity index (χ1v) is 17.4. The predicted molar refractivity (Wildman–Crippen MR) is 132 cm³/mol. The lowest BCUT2D eigenvalue weighted by Crippen LogP contribution is -2.30. The summed E-state index contributed by atoms with van der Waals surface area (Å²) in [5.41, 5.74) is 3.08. The van der Waals surface area contributed by atoms with Crippen LogP contribution in [0.4, 0.5) is 0 Å². The third-order valence-electron chi connectivity index (χ3n) is 7.86. The summed E-state index contributed by atoms with van der Waals surface area (Å²) in [4.78, 5) is 0. The van der Waals surface area contributed by atoms with Gasteiger partial charge in [0, 0.05) is 0 Å². The Hall–Kier alpha value is -0.606. The Morgan fingerprint density at radius 2 is 1.19 bits per heavy atom. The summed E-state index contributed by atoms with van der Waals surface area (Å²) < 4.78 is 0. The summed E-state index contributed by atoms with van der Waals surface area (Å²) in [6, 6.07) is 22.9. The van der Waals surface area contributed by atoms with Crippen LogP contribution in [-0.4, -0.2) is 16.1 Å². The monoisotopic (exact) mass is 402 g/mol. The van der Waals surface area contributed by atoms with Crippen molar-refractivity contribution in [2.45, 2.75) is 109 Å². The quantitative estimate of drug-likeness (QED) is 0.272. The standard InChI is InChI=1S/C25H46Si2/c1-7-26(8-2,9-3)22-16-20-25(24-18-14-13-15-19-24)21-17-23-27(10-4,11-5)12-6/h13-15,18-20H,7-12,16-17,21-23H2,1-6H3/b25-20-. The highest BCUT2D eigenvalue weighted by Gasteiger charge is 2.26. The second-order valence-electron chi connectivity index (χ2n) is 8.61. The molecule has 0 spiro atoms. The molecule has 154 valence electrons. The molecule has 0 saturated carbocycles. The highest BCUT2D eigenvalue weighted by molar-refractivity contribution is 6.80. The fraction of sp³-hybridized carbons (Fsp3) is 0.680. The van der Waals surface area contributed by atoms with Crippen LogP contribution in [0.2, 0.25) is 48.4 Å². The molecule has 0 atom stereocenters. The molecule has 2 heteroatoms. The molecule has 0 aliphatic heterocycles. The van der Waals surface area contributed by atoms with Crippen LogP contribution in [0.1, 0.15) is 66.4 Å². The van der Waals surface area contributed by atoms with E-state index in [2.05, 4.69) is 78.0 Å². The van der Waals surface area contributed by atoms with Gasteiger partial charge >= 0.3 is 0 Å². The minimum Gasteiger partial charge on any atom is -0.0810 e. The number of benzene rings is 1. The minimum atomic E-state index is -1.00. The second kappa shape index (κ2) is 12.8. The molecule has 0 aromatic heterocycles. The van der Waals surface area contributed by atoms with E-state index >= 15 is 0 Å². The fourth-order valence-electron chi connectivity index (χ4n) is 4.78. The zero-order valence-electron chi connectivity index (χ0n) is 19.2. The van der Waals surface area contributed by atoms with Gasteiger partial charge in [-0.2, -0.15) is 0 Å². The van der Waals surface area contributed by atoms with Gasteiger partial charge in [0.2, 0.25) is 0 Å². The lowest BCUT2D eigenvalue weighted by Gasteiger charge is -2.28. The third-order valence-corrected chi connectivity index (χ3v) is 19.6. The van der Waals surface area contributed by atoms with E-state index in [-0.39, 0.29) is 0 Å². The van der Waals surface area contributed by atoms with Crippen LogP contribution in [0.15, 0.2) is 36.4 Å². The van der Waals surface area contributed by atoms with Crippen LogP contribution >= 0.6 is 0 Å². The summed E-state index contributed by atoms with van der Waals surface area (Å²) in [5, 5.41) is 0. The van der Waals surface area contributed by atoms with Gasteiger partial charge in [-0.25, -0.2) is 0 Å². The summed E-state index contributed by atoms with van der Waals surface area (Å²) >= 11 is 0. The molecule has 0 nitrogen and oxygen atoms in total. The average Bonchev–Trinajstić information content (AvgIpc) is 2.74. The van der Waals surface area contributed by atoms with Crippen LogP contribution in [0.5, 0.6) is 0 Å². The van der Waals surface area contributed by atoms with Crippen molar-refractivity contribution < 1.29 is 0 Å². The van der Waals surface area contributed by atoms with Gasteiger partial charge in [-0.3, -0.25) is 0 Å². The molecule has 0 heterocycles. The first-order valence-electron chi connectivity index (χ1n) is 11.8. The highest BCUT2D eigenvalue weighted by atomic mass is 28.3. The molecule has 0 amide bonds. The zero-order chi connectivity index (χ0) is 20.2. The van der Waals surface area contributed by atoms with Gasteiger partial charge in [0.1, 0.15) is 0 Å².